The maximum atomic E-state index is 8.54. The molecule has 0 aromatic rings. The fourth-order valence-corrected chi connectivity index (χ4v) is 1.40. The summed E-state index contributed by atoms with van der Waals surface area (Å²) in [4.78, 5) is 0. The van der Waals surface area contributed by atoms with Crippen LogP contribution in [0.5, 0.6) is 0 Å². The Hall–Kier alpha value is -0.380. The van der Waals surface area contributed by atoms with E-state index in [9.17, 15) is 0 Å². The van der Waals surface area contributed by atoms with E-state index in [1.54, 1.807) is 0 Å². The first-order chi connectivity index (χ1) is 6.93. The van der Waals surface area contributed by atoms with Crippen molar-refractivity contribution in [2.24, 2.45) is 0 Å². The van der Waals surface area contributed by atoms with Crippen molar-refractivity contribution in [2.45, 2.75) is 38.4 Å². The number of unbranched alkanes of at least 4 members (excludes halogenated alkanes) is 1. The lowest BCUT2D eigenvalue weighted by Gasteiger charge is -2.21. The third-order valence-electron chi connectivity index (χ3n) is 2.21. The Morgan fingerprint density at radius 3 is 3.00 bits per heavy atom. The van der Waals surface area contributed by atoms with E-state index in [-0.39, 0.29) is 12.9 Å². The summed E-state index contributed by atoms with van der Waals surface area (Å²) in [5.74, 6) is 0. The van der Waals surface area contributed by atoms with Crippen LogP contribution in [0.15, 0.2) is 12.2 Å². The fourth-order valence-electron chi connectivity index (χ4n) is 1.40. The minimum Gasteiger partial charge on any atom is -0.396 e. The summed E-state index contributed by atoms with van der Waals surface area (Å²) in [5.41, 5.74) is 0. The minimum atomic E-state index is 0.00578. The van der Waals surface area contributed by atoms with Crippen molar-refractivity contribution in [3.8, 4) is 0 Å². The molecule has 1 aliphatic heterocycles. The summed E-state index contributed by atoms with van der Waals surface area (Å²) in [5, 5.41) is 8.54. The van der Waals surface area contributed by atoms with Crippen LogP contribution in [0, 0.1) is 0 Å². The molecule has 0 aromatic heterocycles. The molecule has 1 fully saturated rings. The van der Waals surface area contributed by atoms with E-state index >= 15 is 0 Å². The first-order valence-electron chi connectivity index (χ1n) is 5.42. The van der Waals surface area contributed by atoms with Crippen LogP contribution in [-0.2, 0) is 9.47 Å². The van der Waals surface area contributed by atoms with Gasteiger partial charge in [-0.2, -0.15) is 0 Å². The molecule has 0 spiro atoms. The number of hydrogen-bond donors (Lipinski definition) is 1. The number of aliphatic hydroxyl groups is 1. The highest BCUT2D eigenvalue weighted by Gasteiger charge is 2.12. The number of aliphatic hydroxyl groups excluding tert-OH is 1. The summed E-state index contributed by atoms with van der Waals surface area (Å²) in [6, 6.07) is 0. The molecular formula is C11H20O3. The molecule has 1 N–H and O–H groups in total. The van der Waals surface area contributed by atoms with E-state index in [4.69, 9.17) is 14.6 Å². The van der Waals surface area contributed by atoms with Crippen LogP contribution >= 0.6 is 0 Å². The molecule has 1 rings (SSSR count). The normalized spacial score (nSPS) is 23.1. The lowest BCUT2D eigenvalue weighted by Crippen LogP contribution is -2.22. The van der Waals surface area contributed by atoms with Gasteiger partial charge in [0.25, 0.3) is 0 Å². The Bertz CT molecular complexity index is 151. The van der Waals surface area contributed by atoms with E-state index in [0.717, 1.165) is 32.3 Å². The lowest BCUT2D eigenvalue weighted by atomic mass is 10.2. The highest BCUT2D eigenvalue weighted by molar-refractivity contribution is 4.81. The topological polar surface area (TPSA) is 38.7 Å². The minimum absolute atomic E-state index is 0.00578. The van der Waals surface area contributed by atoms with E-state index in [2.05, 4.69) is 0 Å². The molecule has 82 valence electrons. The zero-order valence-electron chi connectivity index (χ0n) is 8.65. The molecule has 3 heteroatoms. The van der Waals surface area contributed by atoms with E-state index in [0.29, 0.717) is 6.61 Å². The Morgan fingerprint density at radius 1 is 1.36 bits per heavy atom. The molecule has 1 aliphatic rings. The highest BCUT2D eigenvalue weighted by atomic mass is 16.7. The van der Waals surface area contributed by atoms with Gasteiger partial charge in [-0.05, 0) is 32.1 Å². The van der Waals surface area contributed by atoms with Gasteiger partial charge in [-0.3, -0.25) is 0 Å². The van der Waals surface area contributed by atoms with Gasteiger partial charge in [0.05, 0.1) is 6.61 Å². The molecule has 0 aromatic carbocycles. The number of allylic oxidation sites excluding steroid dienone is 1. The van der Waals surface area contributed by atoms with Crippen LogP contribution < -0.4 is 0 Å². The third-order valence-corrected chi connectivity index (χ3v) is 2.21. The van der Waals surface area contributed by atoms with Crippen molar-refractivity contribution in [1.29, 1.82) is 0 Å². The Labute approximate surface area is 85.7 Å². The molecule has 0 radical (unpaired) electrons. The maximum Gasteiger partial charge on any atom is 0.157 e. The van der Waals surface area contributed by atoms with E-state index < -0.39 is 0 Å². The number of rotatable bonds is 6. The molecule has 3 nitrogen and oxygen atoms in total. The maximum absolute atomic E-state index is 8.54. The highest BCUT2D eigenvalue weighted by Crippen LogP contribution is 2.13. The molecule has 0 saturated carbocycles. The fraction of sp³-hybridized carbons (Fsp3) is 0.818. The molecule has 1 saturated heterocycles. The van der Waals surface area contributed by atoms with Crippen LogP contribution in [0.2, 0.25) is 0 Å². The van der Waals surface area contributed by atoms with Crippen LogP contribution in [0.3, 0.4) is 0 Å². The Morgan fingerprint density at radius 2 is 2.29 bits per heavy atom. The quantitative estimate of drug-likeness (QED) is 0.525. The first kappa shape index (κ1) is 11.7. The van der Waals surface area contributed by atoms with Crippen molar-refractivity contribution in [2.75, 3.05) is 19.8 Å². The van der Waals surface area contributed by atoms with Gasteiger partial charge in [0, 0.05) is 13.2 Å². The average molecular weight is 200 g/mol. The molecule has 0 aliphatic carbocycles. The summed E-state index contributed by atoms with van der Waals surface area (Å²) >= 11 is 0. The van der Waals surface area contributed by atoms with Gasteiger partial charge in [-0.25, -0.2) is 0 Å². The zero-order valence-corrected chi connectivity index (χ0v) is 8.65. The second kappa shape index (κ2) is 7.97. The monoisotopic (exact) mass is 200 g/mol. The van der Waals surface area contributed by atoms with Gasteiger partial charge in [-0.15, -0.1) is 0 Å². The lowest BCUT2D eigenvalue weighted by molar-refractivity contribution is -0.155. The van der Waals surface area contributed by atoms with Crippen LogP contribution in [0.1, 0.15) is 32.1 Å². The third kappa shape index (κ3) is 5.37. The van der Waals surface area contributed by atoms with Crippen molar-refractivity contribution in [3.05, 3.63) is 12.2 Å². The van der Waals surface area contributed by atoms with Gasteiger partial charge in [0.2, 0.25) is 0 Å². The summed E-state index contributed by atoms with van der Waals surface area (Å²) < 4.78 is 10.9. The zero-order chi connectivity index (χ0) is 10.1. The van der Waals surface area contributed by atoms with Crippen molar-refractivity contribution >= 4 is 0 Å². The average Bonchev–Trinajstić information content (AvgIpc) is 2.25. The van der Waals surface area contributed by atoms with Crippen LogP contribution in [0.25, 0.3) is 0 Å². The molecule has 1 heterocycles. The SMILES string of the molecule is OCCC/C=C/COC1CCCCO1. The molecular weight excluding hydrogens is 180 g/mol. The Balaban J connectivity index is 1.94. The van der Waals surface area contributed by atoms with Crippen molar-refractivity contribution in [1.82, 2.24) is 0 Å². The summed E-state index contributed by atoms with van der Waals surface area (Å²) in [6.07, 6.45) is 9.18. The molecule has 14 heavy (non-hydrogen) atoms. The molecule has 0 bridgehead atoms. The predicted molar refractivity (Wildman–Crippen MR) is 55.0 cm³/mol. The summed E-state index contributed by atoms with van der Waals surface area (Å²) in [7, 11) is 0. The smallest absolute Gasteiger partial charge is 0.157 e. The standard InChI is InChI=1S/C11H20O3/c12-8-4-1-2-5-9-13-11-7-3-6-10-14-11/h2,5,11-12H,1,3-4,6-10H2/b5-2+. The first-order valence-corrected chi connectivity index (χ1v) is 5.42. The van der Waals surface area contributed by atoms with Crippen LogP contribution in [0.4, 0.5) is 0 Å². The predicted octanol–water partition coefficient (Wildman–Crippen LogP) is 1.86. The molecule has 0 amide bonds. The van der Waals surface area contributed by atoms with Gasteiger partial charge in [0.1, 0.15) is 0 Å². The van der Waals surface area contributed by atoms with Gasteiger partial charge in [-0.1, -0.05) is 12.2 Å². The van der Waals surface area contributed by atoms with E-state index in [1.807, 2.05) is 12.2 Å². The van der Waals surface area contributed by atoms with Gasteiger partial charge in [0.15, 0.2) is 6.29 Å². The van der Waals surface area contributed by atoms with Crippen molar-refractivity contribution in [3.63, 3.8) is 0 Å². The molecule has 1 unspecified atom stereocenters. The largest absolute Gasteiger partial charge is 0.396 e. The Kier molecular flexibility index (Phi) is 6.66. The number of hydrogen-bond acceptors (Lipinski definition) is 3. The second-order valence-corrected chi connectivity index (χ2v) is 3.47. The van der Waals surface area contributed by atoms with Crippen LogP contribution in [-0.4, -0.2) is 31.2 Å². The second-order valence-electron chi connectivity index (χ2n) is 3.47. The van der Waals surface area contributed by atoms with Crippen molar-refractivity contribution < 1.29 is 14.6 Å². The summed E-state index contributed by atoms with van der Waals surface area (Å²) in [6.45, 7) is 1.71. The van der Waals surface area contributed by atoms with Gasteiger partial charge >= 0.3 is 0 Å². The van der Waals surface area contributed by atoms with Gasteiger partial charge < -0.3 is 14.6 Å². The van der Waals surface area contributed by atoms with E-state index in [1.165, 1.54) is 6.42 Å². The number of ether oxygens (including phenoxy) is 2. The molecule has 1 atom stereocenters.